The fraction of sp³-hybridized carbons (Fsp3) is 0.211. The number of alkyl halides is 3. The molecule has 0 saturated heterocycles. The second-order valence-electron chi connectivity index (χ2n) is 5.88. The van der Waals surface area contributed by atoms with E-state index in [0.717, 1.165) is 11.0 Å². The van der Waals surface area contributed by atoms with Crippen LogP contribution in [0.2, 0.25) is 0 Å². The summed E-state index contributed by atoms with van der Waals surface area (Å²) in [5.74, 6) is -0.443. The Balaban J connectivity index is 1.76. The maximum absolute atomic E-state index is 12.1. The van der Waals surface area contributed by atoms with Gasteiger partial charge < -0.3 is 10.1 Å². The van der Waals surface area contributed by atoms with Gasteiger partial charge in [0.1, 0.15) is 5.75 Å². The molecule has 1 amide bonds. The van der Waals surface area contributed by atoms with Crippen molar-refractivity contribution < 1.29 is 31.1 Å². The van der Waals surface area contributed by atoms with E-state index in [0.29, 0.717) is 5.69 Å². The molecule has 10 heteroatoms. The zero-order chi connectivity index (χ0) is 21.3. The van der Waals surface area contributed by atoms with Crippen LogP contribution in [0, 0.1) is 0 Å². The van der Waals surface area contributed by atoms with E-state index in [-0.39, 0.29) is 18.7 Å². The Morgan fingerprint density at radius 1 is 1.03 bits per heavy atom. The van der Waals surface area contributed by atoms with Crippen molar-refractivity contribution in [2.24, 2.45) is 0 Å². The van der Waals surface area contributed by atoms with E-state index in [4.69, 9.17) is 0 Å². The Kier molecular flexibility index (Phi) is 7.80. The summed E-state index contributed by atoms with van der Waals surface area (Å²) in [6.45, 7) is -1.52. The van der Waals surface area contributed by atoms with E-state index in [1.165, 1.54) is 30.3 Å². The maximum Gasteiger partial charge on any atom is 0.422 e. The molecule has 0 fully saturated rings. The average Bonchev–Trinajstić information content (AvgIpc) is 2.66. The van der Waals surface area contributed by atoms with Crippen LogP contribution in [0.5, 0.6) is 5.75 Å². The van der Waals surface area contributed by atoms with Gasteiger partial charge in [-0.1, -0.05) is 30.3 Å². The molecular formula is C19H19F3N2O4S. The average molecular weight is 428 g/mol. The van der Waals surface area contributed by atoms with Crippen LogP contribution in [0.3, 0.4) is 0 Å². The zero-order valence-corrected chi connectivity index (χ0v) is 16.0. The summed E-state index contributed by atoms with van der Waals surface area (Å²) in [6, 6.07) is 14.2. The highest BCUT2D eigenvalue weighted by molar-refractivity contribution is 7.92. The van der Waals surface area contributed by atoms with Gasteiger partial charge in [-0.25, -0.2) is 13.1 Å². The number of nitrogens with one attached hydrogen (secondary N) is 2. The molecule has 2 aromatic rings. The van der Waals surface area contributed by atoms with Gasteiger partial charge in [-0.15, -0.1) is 0 Å². The van der Waals surface area contributed by atoms with Gasteiger partial charge in [0.25, 0.3) is 0 Å². The molecule has 2 rings (SSSR count). The smallest absolute Gasteiger partial charge is 0.422 e. The molecule has 0 unspecified atom stereocenters. The molecule has 0 aliphatic carbocycles. The Labute approximate surface area is 166 Å². The van der Waals surface area contributed by atoms with Crippen LogP contribution in [0.4, 0.5) is 18.9 Å². The normalized spacial score (nSPS) is 12.1. The van der Waals surface area contributed by atoms with Gasteiger partial charge in [-0.3, -0.25) is 4.79 Å². The lowest BCUT2D eigenvalue weighted by molar-refractivity contribution is -0.153. The summed E-state index contributed by atoms with van der Waals surface area (Å²) in [5, 5.41) is 3.53. The third-order valence-electron chi connectivity index (χ3n) is 3.44. The summed E-state index contributed by atoms with van der Waals surface area (Å²) in [5.41, 5.74) is 1.07. The fourth-order valence-corrected chi connectivity index (χ4v) is 2.93. The number of anilines is 1. The van der Waals surface area contributed by atoms with Crippen LogP contribution in [0.15, 0.2) is 60.0 Å². The number of amides is 1. The molecule has 2 aromatic carbocycles. The SMILES string of the molecule is O=C(CCNS(=O)(=O)/C=C/c1ccccc1)Nc1ccc(OCC(F)(F)F)cc1. The molecule has 0 heterocycles. The van der Waals surface area contributed by atoms with Gasteiger partial charge in [-0.05, 0) is 35.9 Å². The molecule has 0 bridgehead atoms. The van der Waals surface area contributed by atoms with Gasteiger partial charge in [0, 0.05) is 24.1 Å². The summed E-state index contributed by atoms with van der Waals surface area (Å²) in [6.07, 6.45) is -3.12. The van der Waals surface area contributed by atoms with Crippen LogP contribution in [0.1, 0.15) is 12.0 Å². The first-order valence-corrected chi connectivity index (χ1v) is 10.00. The van der Waals surface area contributed by atoms with Gasteiger partial charge >= 0.3 is 6.18 Å². The molecule has 29 heavy (non-hydrogen) atoms. The predicted octanol–water partition coefficient (Wildman–Crippen LogP) is 3.55. The van der Waals surface area contributed by atoms with E-state index in [1.807, 2.05) is 6.07 Å². The van der Waals surface area contributed by atoms with Crippen molar-refractivity contribution in [2.75, 3.05) is 18.5 Å². The molecule has 0 radical (unpaired) electrons. The monoisotopic (exact) mass is 428 g/mol. The third-order valence-corrected chi connectivity index (χ3v) is 4.54. The Morgan fingerprint density at radius 3 is 2.31 bits per heavy atom. The zero-order valence-electron chi connectivity index (χ0n) is 15.1. The number of halogens is 3. The topological polar surface area (TPSA) is 84.5 Å². The molecule has 0 aromatic heterocycles. The number of carbonyl (C=O) groups is 1. The van der Waals surface area contributed by atoms with Crippen LogP contribution in [0.25, 0.3) is 6.08 Å². The number of ether oxygens (including phenoxy) is 1. The molecular weight excluding hydrogens is 409 g/mol. The number of carbonyl (C=O) groups excluding carboxylic acids is 1. The maximum atomic E-state index is 12.1. The van der Waals surface area contributed by atoms with Crippen LogP contribution in [-0.4, -0.2) is 33.7 Å². The van der Waals surface area contributed by atoms with Crippen LogP contribution >= 0.6 is 0 Å². The van der Waals surface area contributed by atoms with E-state index in [9.17, 15) is 26.4 Å². The van der Waals surface area contributed by atoms with Gasteiger partial charge in [-0.2, -0.15) is 13.2 Å². The van der Waals surface area contributed by atoms with Crippen LogP contribution in [-0.2, 0) is 14.8 Å². The number of sulfonamides is 1. The molecule has 0 aliphatic heterocycles. The quantitative estimate of drug-likeness (QED) is 0.640. The van der Waals surface area contributed by atoms with Gasteiger partial charge in [0.15, 0.2) is 6.61 Å². The molecule has 0 spiro atoms. The third kappa shape index (κ3) is 9.26. The second kappa shape index (κ2) is 10.1. The molecule has 2 N–H and O–H groups in total. The summed E-state index contributed by atoms with van der Waals surface area (Å²) >= 11 is 0. The van der Waals surface area contributed by atoms with Crippen molar-refractivity contribution >= 4 is 27.7 Å². The first-order valence-electron chi connectivity index (χ1n) is 8.45. The predicted molar refractivity (Wildman–Crippen MR) is 104 cm³/mol. The standard InChI is InChI=1S/C19H19F3N2O4S/c20-19(21,22)14-28-17-8-6-16(7-9-17)24-18(25)10-12-23-29(26,27)13-11-15-4-2-1-3-5-15/h1-9,11,13,23H,10,12,14H2,(H,24,25)/b13-11+. The van der Waals surface area contributed by atoms with E-state index in [2.05, 4.69) is 14.8 Å². The Bertz CT molecular complexity index is 928. The van der Waals surface area contributed by atoms with Crippen molar-refractivity contribution in [1.29, 1.82) is 0 Å². The summed E-state index contributed by atoms with van der Waals surface area (Å²) in [7, 11) is -3.69. The first kappa shape index (κ1) is 22.4. The summed E-state index contributed by atoms with van der Waals surface area (Å²) in [4.78, 5) is 11.9. The minimum absolute atomic E-state index is 0.0123. The van der Waals surface area contributed by atoms with Gasteiger partial charge in [0.2, 0.25) is 15.9 Å². The Hall–Kier alpha value is -2.85. The highest BCUT2D eigenvalue weighted by atomic mass is 32.2. The highest BCUT2D eigenvalue weighted by Crippen LogP contribution is 2.20. The first-order chi connectivity index (χ1) is 13.6. The van der Waals surface area contributed by atoms with Crippen molar-refractivity contribution in [2.45, 2.75) is 12.6 Å². The largest absolute Gasteiger partial charge is 0.484 e. The molecule has 0 aliphatic rings. The van der Waals surface area contributed by atoms with E-state index >= 15 is 0 Å². The lowest BCUT2D eigenvalue weighted by Crippen LogP contribution is -2.26. The van der Waals surface area contributed by atoms with Gasteiger partial charge in [0.05, 0.1) is 0 Å². The number of rotatable bonds is 9. The van der Waals surface area contributed by atoms with Crippen LogP contribution < -0.4 is 14.8 Å². The van der Waals surface area contributed by atoms with Crippen molar-refractivity contribution in [1.82, 2.24) is 4.72 Å². The minimum Gasteiger partial charge on any atom is -0.484 e. The lowest BCUT2D eigenvalue weighted by atomic mass is 10.2. The highest BCUT2D eigenvalue weighted by Gasteiger charge is 2.28. The second-order valence-corrected chi connectivity index (χ2v) is 7.53. The van der Waals surface area contributed by atoms with E-state index < -0.39 is 28.7 Å². The minimum atomic E-state index is -4.43. The lowest BCUT2D eigenvalue weighted by Gasteiger charge is -2.10. The summed E-state index contributed by atoms with van der Waals surface area (Å²) < 4.78 is 66.9. The molecule has 156 valence electrons. The molecule has 6 nitrogen and oxygen atoms in total. The molecule has 0 saturated carbocycles. The Morgan fingerprint density at radius 2 is 1.69 bits per heavy atom. The van der Waals surface area contributed by atoms with Crippen molar-refractivity contribution in [3.8, 4) is 5.75 Å². The van der Waals surface area contributed by atoms with Crippen molar-refractivity contribution in [3.05, 3.63) is 65.6 Å². The number of hydrogen-bond acceptors (Lipinski definition) is 4. The molecule has 0 atom stereocenters. The number of hydrogen-bond donors (Lipinski definition) is 2. The van der Waals surface area contributed by atoms with Crippen molar-refractivity contribution in [3.63, 3.8) is 0 Å². The number of benzene rings is 2. The fourth-order valence-electron chi connectivity index (χ4n) is 2.11. The van der Waals surface area contributed by atoms with E-state index in [1.54, 1.807) is 24.3 Å².